The molecule has 0 aliphatic rings. The summed E-state index contributed by atoms with van der Waals surface area (Å²) < 4.78 is 40.3. The molecule has 3 aromatic carbocycles. The monoisotopic (exact) mass is 423 g/mol. The van der Waals surface area contributed by atoms with Crippen LogP contribution in [0.3, 0.4) is 0 Å². The van der Waals surface area contributed by atoms with Crippen molar-refractivity contribution in [3.8, 4) is 22.4 Å². The predicted octanol–water partition coefficient (Wildman–Crippen LogP) is 6.94. The maximum Gasteiger partial charge on any atom is 0.417 e. The summed E-state index contributed by atoms with van der Waals surface area (Å²) in [6.07, 6.45) is -2.93. The van der Waals surface area contributed by atoms with Crippen LogP contribution in [0.4, 0.5) is 18.3 Å². The standard InChI is InChI=1S/C23H16F3N3S/c24-23(25,26)20-13-7-6-12-19(20)18-11-5-4-10-17(18)14-27-29-22-28-21(15-30-22)16-8-2-1-3-9-16/h1-15H,(H,28,29). The Kier molecular flexibility index (Phi) is 5.63. The van der Waals surface area contributed by atoms with Crippen LogP contribution >= 0.6 is 11.3 Å². The lowest BCUT2D eigenvalue weighted by molar-refractivity contribution is -0.137. The van der Waals surface area contributed by atoms with Gasteiger partial charge in [0.1, 0.15) is 0 Å². The molecule has 4 rings (SSSR count). The first kappa shape index (κ1) is 19.8. The third kappa shape index (κ3) is 4.41. The Morgan fingerprint density at radius 1 is 0.833 bits per heavy atom. The molecule has 0 aliphatic heterocycles. The molecule has 0 saturated carbocycles. The lowest BCUT2D eigenvalue weighted by Crippen LogP contribution is -2.07. The fourth-order valence-electron chi connectivity index (χ4n) is 3.04. The molecule has 0 radical (unpaired) electrons. The van der Waals surface area contributed by atoms with E-state index in [4.69, 9.17) is 0 Å². The van der Waals surface area contributed by atoms with Crippen molar-refractivity contribution < 1.29 is 13.2 Å². The molecule has 0 amide bonds. The molecule has 3 nitrogen and oxygen atoms in total. The van der Waals surface area contributed by atoms with Crippen LogP contribution in [0.25, 0.3) is 22.4 Å². The number of halogens is 3. The van der Waals surface area contributed by atoms with Crippen LogP contribution in [0.2, 0.25) is 0 Å². The Morgan fingerprint density at radius 3 is 2.27 bits per heavy atom. The maximum atomic E-state index is 13.4. The average molecular weight is 423 g/mol. The molecule has 1 heterocycles. The van der Waals surface area contributed by atoms with Crippen molar-refractivity contribution in [1.82, 2.24) is 4.98 Å². The smallest absolute Gasteiger partial charge is 0.253 e. The third-order valence-electron chi connectivity index (χ3n) is 4.42. The van der Waals surface area contributed by atoms with Crippen molar-refractivity contribution in [2.24, 2.45) is 5.10 Å². The fraction of sp³-hybridized carbons (Fsp3) is 0.0435. The molecule has 0 bridgehead atoms. The van der Waals surface area contributed by atoms with Gasteiger partial charge >= 0.3 is 6.18 Å². The molecular formula is C23H16F3N3S. The molecule has 0 saturated heterocycles. The highest BCUT2D eigenvalue weighted by Gasteiger charge is 2.33. The van der Waals surface area contributed by atoms with Crippen molar-refractivity contribution in [2.75, 3.05) is 5.43 Å². The summed E-state index contributed by atoms with van der Waals surface area (Å²) in [5.41, 5.74) is 5.17. The topological polar surface area (TPSA) is 37.3 Å². The number of nitrogens with one attached hydrogen (secondary N) is 1. The van der Waals surface area contributed by atoms with Crippen molar-refractivity contribution in [1.29, 1.82) is 0 Å². The van der Waals surface area contributed by atoms with E-state index in [1.165, 1.54) is 29.7 Å². The van der Waals surface area contributed by atoms with E-state index < -0.39 is 11.7 Å². The molecule has 150 valence electrons. The summed E-state index contributed by atoms with van der Waals surface area (Å²) in [7, 11) is 0. The third-order valence-corrected chi connectivity index (χ3v) is 5.17. The van der Waals surface area contributed by atoms with Crippen molar-refractivity contribution in [3.05, 3.63) is 95.4 Å². The van der Waals surface area contributed by atoms with Gasteiger partial charge in [0.05, 0.1) is 17.5 Å². The number of rotatable bonds is 5. The molecule has 0 aliphatic carbocycles. The van der Waals surface area contributed by atoms with E-state index in [2.05, 4.69) is 15.5 Å². The van der Waals surface area contributed by atoms with Gasteiger partial charge in [0.2, 0.25) is 5.13 Å². The minimum absolute atomic E-state index is 0.118. The second-order valence-corrected chi connectivity index (χ2v) is 7.26. The predicted molar refractivity (Wildman–Crippen MR) is 116 cm³/mol. The van der Waals surface area contributed by atoms with Crippen molar-refractivity contribution in [3.63, 3.8) is 0 Å². The minimum Gasteiger partial charge on any atom is -0.253 e. The zero-order valence-electron chi connectivity index (χ0n) is 15.6. The van der Waals surface area contributed by atoms with Gasteiger partial charge in [0.25, 0.3) is 0 Å². The first-order valence-corrected chi connectivity index (χ1v) is 9.96. The average Bonchev–Trinajstić information content (AvgIpc) is 3.23. The zero-order chi connectivity index (χ0) is 21.0. The van der Waals surface area contributed by atoms with Gasteiger partial charge < -0.3 is 0 Å². The maximum absolute atomic E-state index is 13.4. The summed E-state index contributed by atoms with van der Waals surface area (Å²) in [6.45, 7) is 0. The quantitative estimate of drug-likeness (QED) is 0.279. The molecule has 0 unspecified atom stereocenters. The first-order valence-electron chi connectivity index (χ1n) is 9.08. The van der Waals surface area contributed by atoms with E-state index in [1.54, 1.807) is 30.3 Å². The van der Waals surface area contributed by atoms with Crippen LogP contribution < -0.4 is 5.43 Å². The molecule has 0 spiro atoms. The van der Waals surface area contributed by atoms with E-state index in [-0.39, 0.29) is 5.56 Å². The molecule has 7 heteroatoms. The Balaban J connectivity index is 1.58. The minimum atomic E-state index is -4.44. The summed E-state index contributed by atoms with van der Waals surface area (Å²) in [6, 6.07) is 22.1. The lowest BCUT2D eigenvalue weighted by Gasteiger charge is -2.14. The fourth-order valence-corrected chi connectivity index (χ4v) is 3.71. The van der Waals surface area contributed by atoms with Gasteiger partial charge in [0.15, 0.2) is 0 Å². The van der Waals surface area contributed by atoms with E-state index in [9.17, 15) is 13.2 Å². The van der Waals surface area contributed by atoms with E-state index in [0.717, 1.165) is 17.3 Å². The zero-order valence-corrected chi connectivity index (χ0v) is 16.4. The van der Waals surface area contributed by atoms with Crippen LogP contribution in [-0.2, 0) is 6.18 Å². The van der Waals surface area contributed by atoms with Crippen LogP contribution in [0.5, 0.6) is 0 Å². The van der Waals surface area contributed by atoms with Gasteiger partial charge in [-0.05, 0) is 17.2 Å². The van der Waals surface area contributed by atoms with Gasteiger partial charge in [-0.3, -0.25) is 5.43 Å². The molecule has 0 atom stereocenters. The SMILES string of the molecule is FC(F)(F)c1ccccc1-c1ccccc1C=NNc1nc(-c2ccccc2)cs1. The highest BCUT2D eigenvalue weighted by molar-refractivity contribution is 7.14. The van der Waals surface area contributed by atoms with Crippen molar-refractivity contribution in [2.45, 2.75) is 6.18 Å². The van der Waals surface area contributed by atoms with Gasteiger partial charge in [0, 0.05) is 16.5 Å². The van der Waals surface area contributed by atoms with Crippen LogP contribution in [-0.4, -0.2) is 11.2 Å². The molecule has 30 heavy (non-hydrogen) atoms. The Hall–Kier alpha value is -3.45. The second-order valence-electron chi connectivity index (χ2n) is 6.40. The van der Waals surface area contributed by atoms with Gasteiger partial charge in [-0.15, -0.1) is 11.3 Å². The summed E-state index contributed by atoms with van der Waals surface area (Å²) in [5.74, 6) is 0. The highest BCUT2D eigenvalue weighted by Crippen LogP contribution is 2.37. The number of nitrogens with zero attached hydrogens (tertiary/aromatic N) is 2. The molecular weight excluding hydrogens is 407 g/mol. The highest BCUT2D eigenvalue weighted by atomic mass is 32.1. The molecule has 1 N–H and O–H groups in total. The van der Waals surface area contributed by atoms with E-state index in [1.807, 2.05) is 35.7 Å². The van der Waals surface area contributed by atoms with Gasteiger partial charge in [-0.25, -0.2) is 4.98 Å². The summed E-state index contributed by atoms with van der Waals surface area (Å²) in [5, 5.41) is 6.70. The number of hydrazone groups is 1. The second kappa shape index (κ2) is 8.51. The lowest BCUT2D eigenvalue weighted by atomic mass is 9.95. The molecule has 0 fully saturated rings. The number of aromatic nitrogens is 1. The summed E-state index contributed by atoms with van der Waals surface area (Å²) in [4.78, 5) is 4.48. The largest absolute Gasteiger partial charge is 0.417 e. The number of hydrogen-bond donors (Lipinski definition) is 1. The van der Waals surface area contributed by atoms with Crippen LogP contribution in [0.15, 0.2) is 89.3 Å². The van der Waals surface area contributed by atoms with E-state index >= 15 is 0 Å². The Bertz CT molecular complexity index is 1170. The van der Waals surface area contributed by atoms with Crippen LogP contribution in [0, 0.1) is 0 Å². The number of anilines is 1. The van der Waals surface area contributed by atoms with Crippen molar-refractivity contribution >= 4 is 22.7 Å². The van der Waals surface area contributed by atoms with Gasteiger partial charge in [-0.2, -0.15) is 18.3 Å². The Labute approximate surface area is 175 Å². The normalized spacial score (nSPS) is 11.7. The molecule has 1 aromatic heterocycles. The first-order chi connectivity index (χ1) is 14.5. The number of thiazole rings is 1. The molecule has 4 aromatic rings. The van der Waals surface area contributed by atoms with E-state index in [0.29, 0.717) is 16.3 Å². The number of hydrogen-bond acceptors (Lipinski definition) is 4. The number of alkyl halides is 3. The van der Waals surface area contributed by atoms with Gasteiger partial charge in [-0.1, -0.05) is 72.8 Å². The summed E-state index contributed by atoms with van der Waals surface area (Å²) >= 11 is 1.40. The number of benzene rings is 3. The van der Waals surface area contributed by atoms with Crippen LogP contribution in [0.1, 0.15) is 11.1 Å². The Morgan fingerprint density at radius 2 is 1.50 bits per heavy atom.